The molecule has 0 bridgehead atoms. The number of hydrogen-bond donors (Lipinski definition) is 1. The highest BCUT2D eigenvalue weighted by atomic mass is 32.1. The fourth-order valence-corrected chi connectivity index (χ4v) is 2.46. The molecule has 90 valence electrons. The summed E-state index contributed by atoms with van der Waals surface area (Å²) in [6, 6.07) is 8.15. The minimum absolute atomic E-state index is 0.601. The number of hydrogen-bond acceptors (Lipinski definition) is 3. The van der Waals surface area contributed by atoms with Gasteiger partial charge in [0, 0.05) is 5.38 Å². The van der Waals surface area contributed by atoms with Crippen molar-refractivity contribution in [3.63, 3.8) is 0 Å². The molecule has 1 unspecified atom stereocenters. The summed E-state index contributed by atoms with van der Waals surface area (Å²) >= 11 is 1.57. The summed E-state index contributed by atoms with van der Waals surface area (Å²) < 4.78 is 0. The van der Waals surface area contributed by atoms with E-state index in [9.17, 15) is 5.11 Å². The topological polar surface area (TPSA) is 33.1 Å². The molecule has 0 fully saturated rings. The second-order valence-electron chi connectivity index (χ2n) is 4.19. The van der Waals surface area contributed by atoms with Crippen LogP contribution >= 0.6 is 11.3 Å². The molecule has 17 heavy (non-hydrogen) atoms. The maximum Gasteiger partial charge on any atom is 0.122 e. The summed E-state index contributed by atoms with van der Waals surface area (Å²) in [7, 11) is 0. The summed E-state index contributed by atoms with van der Waals surface area (Å²) in [6.07, 6.45) is 1.63. The largest absolute Gasteiger partial charge is 0.382 e. The van der Waals surface area contributed by atoms with E-state index >= 15 is 0 Å². The third kappa shape index (κ3) is 2.93. The summed E-state index contributed by atoms with van der Waals surface area (Å²) in [4.78, 5) is 4.31. The number of aliphatic hydroxyl groups is 1. The third-order valence-electron chi connectivity index (χ3n) is 2.75. The molecule has 1 atom stereocenters. The Bertz CT molecular complexity index is 475. The van der Waals surface area contributed by atoms with Gasteiger partial charge in [0.2, 0.25) is 0 Å². The fourth-order valence-electron chi connectivity index (χ4n) is 1.83. The van der Waals surface area contributed by atoms with Crippen LogP contribution in [0.15, 0.2) is 29.6 Å². The van der Waals surface area contributed by atoms with Crippen LogP contribution < -0.4 is 0 Å². The van der Waals surface area contributed by atoms with Crippen LogP contribution in [0.1, 0.15) is 41.3 Å². The Labute approximate surface area is 106 Å². The van der Waals surface area contributed by atoms with Gasteiger partial charge in [-0.05, 0) is 24.5 Å². The van der Waals surface area contributed by atoms with E-state index in [-0.39, 0.29) is 0 Å². The van der Waals surface area contributed by atoms with Gasteiger partial charge in [-0.3, -0.25) is 0 Å². The number of nitrogens with zero attached hydrogens (tertiary/aromatic N) is 1. The van der Waals surface area contributed by atoms with Crippen molar-refractivity contribution in [3.05, 3.63) is 51.5 Å². The van der Waals surface area contributed by atoms with Gasteiger partial charge in [-0.15, -0.1) is 11.3 Å². The Hall–Kier alpha value is -1.19. The van der Waals surface area contributed by atoms with Gasteiger partial charge in [-0.25, -0.2) is 4.98 Å². The molecule has 1 N–H and O–H groups in total. The van der Waals surface area contributed by atoms with Crippen molar-refractivity contribution in [3.8, 4) is 0 Å². The van der Waals surface area contributed by atoms with Gasteiger partial charge in [0.1, 0.15) is 6.10 Å². The molecule has 0 saturated carbocycles. The predicted octanol–water partition coefficient (Wildman–Crippen LogP) is 3.49. The van der Waals surface area contributed by atoms with Crippen LogP contribution in [0.25, 0.3) is 0 Å². The number of thiazole rings is 1. The van der Waals surface area contributed by atoms with Gasteiger partial charge in [-0.1, -0.05) is 37.6 Å². The molecule has 0 radical (unpaired) electrons. The van der Waals surface area contributed by atoms with Crippen molar-refractivity contribution in [1.29, 1.82) is 0 Å². The van der Waals surface area contributed by atoms with E-state index in [1.807, 2.05) is 24.4 Å². The van der Waals surface area contributed by atoms with Crippen LogP contribution in [0, 0.1) is 6.92 Å². The molecule has 0 aliphatic rings. The molecular formula is C14H17NOS. The van der Waals surface area contributed by atoms with Crippen molar-refractivity contribution < 1.29 is 5.11 Å². The molecule has 0 amide bonds. The second kappa shape index (κ2) is 5.43. The Morgan fingerprint density at radius 1 is 1.29 bits per heavy atom. The number of aliphatic hydroxyl groups excluding tert-OH is 1. The van der Waals surface area contributed by atoms with Crippen molar-refractivity contribution >= 4 is 11.3 Å². The highest BCUT2D eigenvalue weighted by Gasteiger charge is 2.12. The van der Waals surface area contributed by atoms with E-state index in [2.05, 4.69) is 24.0 Å². The number of aromatic nitrogens is 1. The van der Waals surface area contributed by atoms with E-state index in [1.54, 1.807) is 11.3 Å². The van der Waals surface area contributed by atoms with E-state index in [1.165, 1.54) is 5.56 Å². The van der Waals surface area contributed by atoms with Crippen LogP contribution in [0.2, 0.25) is 0 Å². The molecular weight excluding hydrogens is 230 g/mol. The molecule has 1 aromatic heterocycles. The highest BCUT2D eigenvalue weighted by Crippen LogP contribution is 2.23. The number of benzene rings is 1. The molecule has 2 aromatic rings. The normalized spacial score (nSPS) is 12.6. The van der Waals surface area contributed by atoms with Gasteiger partial charge in [0.05, 0.1) is 10.7 Å². The molecule has 0 spiro atoms. The molecule has 2 rings (SSSR count). The van der Waals surface area contributed by atoms with Gasteiger partial charge < -0.3 is 5.11 Å². The predicted molar refractivity (Wildman–Crippen MR) is 71.3 cm³/mol. The summed E-state index contributed by atoms with van der Waals surface area (Å²) in [5, 5.41) is 13.1. The van der Waals surface area contributed by atoms with E-state index in [0.29, 0.717) is 0 Å². The first-order chi connectivity index (χ1) is 8.20. The minimum atomic E-state index is -0.601. The smallest absolute Gasteiger partial charge is 0.122 e. The lowest BCUT2D eigenvalue weighted by Crippen LogP contribution is -2.00. The van der Waals surface area contributed by atoms with Crippen LogP contribution in [0.5, 0.6) is 0 Å². The van der Waals surface area contributed by atoms with Gasteiger partial charge in [0.25, 0.3) is 0 Å². The maximum absolute atomic E-state index is 10.2. The minimum Gasteiger partial charge on any atom is -0.382 e. The molecule has 2 nitrogen and oxygen atoms in total. The summed E-state index contributed by atoms with van der Waals surface area (Å²) in [5.74, 6) is 0. The Kier molecular flexibility index (Phi) is 3.92. The van der Waals surface area contributed by atoms with Crippen molar-refractivity contribution in [2.75, 3.05) is 0 Å². The lowest BCUT2D eigenvalue weighted by molar-refractivity contribution is 0.216. The van der Waals surface area contributed by atoms with Crippen molar-refractivity contribution in [2.45, 2.75) is 32.8 Å². The average Bonchev–Trinajstić information content (AvgIpc) is 2.76. The molecule has 3 heteroatoms. The Balaban J connectivity index is 2.16. The fraction of sp³-hybridized carbons (Fsp3) is 0.357. The van der Waals surface area contributed by atoms with Gasteiger partial charge >= 0.3 is 0 Å². The average molecular weight is 247 g/mol. The highest BCUT2D eigenvalue weighted by molar-refractivity contribution is 7.09. The number of rotatable bonds is 4. The first-order valence-corrected chi connectivity index (χ1v) is 6.77. The van der Waals surface area contributed by atoms with Crippen LogP contribution in [0.4, 0.5) is 0 Å². The first-order valence-electron chi connectivity index (χ1n) is 5.89. The molecule has 1 aromatic carbocycles. The van der Waals surface area contributed by atoms with E-state index in [4.69, 9.17) is 0 Å². The Morgan fingerprint density at radius 2 is 2.00 bits per heavy atom. The van der Waals surface area contributed by atoms with Crippen LogP contribution in [0.3, 0.4) is 0 Å². The molecule has 0 saturated heterocycles. The molecule has 0 aliphatic carbocycles. The molecule has 0 aliphatic heterocycles. The van der Waals surface area contributed by atoms with Crippen LogP contribution in [-0.2, 0) is 6.42 Å². The summed E-state index contributed by atoms with van der Waals surface area (Å²) in [6.45, 7) is 4.12. The Morgan fingerprint density at radius 3 is 2.53 bits per heavy atom. The SMILES string of the molecule is CCCc1ccc(C(O)c2csc(C)n2)cc1. The zero-order valence-electron chi connectivity index (χ0n) is 10.2. The monoisotopic (exact) mass is 247 g/mol. The maximum atomic E-state index is 10.2. The van der Waals surface area contributed by atoms with Crippen molar-refractivity contribution in [1.82, 2.24) is 4.98 Å². The zero-order chi connectivity index (χ0) is 12.3. The van der Waals surface area contributed by atoms with E-state index < -0.39 is 6.10 Å². The molecule has 1 heterocycles. The van der Waals surface area contributed by atoms with Crippen LogP contribution in [-0.4, -0.2) is 10.1 Å². The van der Waals surface area contributed by atoms with E-state index in [0.717, 1.165) is 29.1 Å². The van der Waals surface area contributed by atoms with Gasteiger partial charge in [0.15, 0.2) is 0 Å². The number of aryl methyl sites for hydroxylation is 2. The lowest BCUT2D eigenvalue weighted by atomic mass is 10.0. The third-order valence-corrected chi connectivity index (χ3v) is 3.54. The standard InChI is InChI=1S/C14H17NOS/c1-3-4-11-5-7-12(8-6-11)14(16)13-9-17-10(2)15-13/h5-9,14,16H,3-4H2,1-2H3. The zero-order valence-corrected chi connectivity index (χ0v) is 11.0. The lowest BCUT2D eigenvalue weighted by Gasteiger charge is -2.09. The summed E-state index contributed by atoms with van der Waals surface area (Å²) in [5.41, 5.74) is 2.98. The second-order valence-corrected chi connectivity index (χ2v) is 5.25. The first kappa shape index (κ1) is 12.3. The van der Waals surface area contributed by atoms with Crippen molar-refractivity contribution in [2.24, 2.45) is 0 Å². The van der Waals surface area contributed by atoms with Gasteiger partial charge in [-0.2, -0.15) is 0 Å². The quantitative estimate of drug-likeness (QED) is 0.897.